The molecule has 0 unspecified atom stereocenters. The molecular weight excluding hydrogens is 342 g/mol. The molecule has 0 fully saturated rings. The SMILES string of the molecule is CCCCCCCCC=CCCCCCC#CC(=O)On1c(O)ccc1O. The second-order valence-corrected chi connectivity index (χ2v) is 6.65. The molecule has 0 aliphatic heterocycles. The smallest absolute Gasteiger partial charge is 0.409 e. The monoisotopic (exact) mass is 375 g/mol. The van der Waals surface area contributed by atoms with Gasteiger partial charge in [0.2, 0.25) is 11.8 Å². The lowest BCUT2D eigenvalue weighted by atomic mass is 10.1. The van der Waals surface area contributed by atoms with Crippen LogP contribution in [0.5, 0.6) is 11.8 Å². The van der Waals surface area contributed by atoms with Crippen molar-refractivity contribution in [3.05, 3.63) is 24.3 Å². The highest BCUT2D eigenvalue weighted by molar-refractivity contribution is 5.88. The van der Waals surface area contributed by atoms with Gasteiger partial charge in [-0.1, -0.05) is 63.5 Å². The highest BCUT2D eigenvalue weighted by atomic mass is 16.7. The summed E-state index contributed by atoms with van der Waals surface area (Å²) in [7, 11) is 0. The molecule has 2 N–H and O–H groups in total. The molecule has 1 heterocycles. The molecule has 0 aliphatic rings. The Kier molecular flexibility index (Phi) is 12.4. The third kappa shape index (κ3) is 11.1. The predicted octanol–water partition coefficient (Wildman–Crippen LogP) is 5.12. The lowest BCUT2D eigenvalue weighted by Crippen LogP contribution is -2.16. The summed E-state index contributed by atoms with van der Waals surface area (Å²) in [5.41, 5.74) is 0. The minimum atomic E-state index is -0.811. The average molecular weight is 376 g/mol. The number of aromatic hydroxyl groups is 2. The molecule has 150 valence electrons. The molecule has 5 nitrogen and oxygen atoms in total. The zero-order valence-corrected chi connectivity index (χ0v) is 16.5. The fourth-order valence-electron chi connectivity index (χ4n) is 2.67. The van der Waals surface area contributed by atoms with E-state index in [-0.39, 0.29) is 11.8 Å². The molecule has 0 aliphatic carbocycles. The average Bonchev–Trinajstić information content (AvgIpc) is 2.97. The number of hydrogen-bond acceptors (Lipinski definition) is 4. The van der Waals surface area contributed by atoms with Crippen molar-refractivity contribution in [2.24, 2.45) is 0 Å². The summed E-state index contributed by atoms with van der Waals surface area (Å²) in [6, 6.07) is 2.44. The van der Waals surface area contributed by atoms with Gasteiger partial charge in [0.15, 0.2) is 0 Å². The number of unbranched alkanes of at least 4 members (excludes halogenated alkanes) is 10. The first-order valence-corrected chi connectivity index (χ1v) is 10.1. The van der Waals surface area contributed by atoms with Gasteiger partial charge in [-0.15, -0.1) is 4.73 Å². The van der Waals surface area contributed by atoms with Crippen LogP contribution in [-0.2, 0) is 4.79 Å². The number of hydrogen-bond donors (Lipinski definition) is 2. The lowest BCUT2D eigenvalue weighted by molar-refractivity contribution is -0.138. The maximum Gasteiger partial charge on any atom is 0.409 e. The van der Waals surface area contributed by atoms with Crippen LogP contribution in [0.2, 0.25) is 0 Å². The molecule has 1 aromatic heterocycles. The molecule has 0 saturated heterocycles. The van der Waals surface area contributed by atoms with E-state index in [0.717, 1.165) is 25.7 Å². The molecule has 0 aromatic carbocycles. The van der Waals surface area contributed by atoms with E-state index >= 15 is 0 Å². The van der Waals surface area contributed by atoms with Crippen molar-refractivity contribution in [3.8, 4) is 23.6 Å². The highest BCUT2D eigenvalue weighted by Crippen LogP contribution is 2.18. The highest BCUT2D eigenvalue weighted by Gasteiger charge is 2.09. The minimum Gasteiger partial charge on any atom is -0.492 e. The van der Waals surface area contributed by atoms with E-state index in [2.05, 4.69) is 30.9 Å². The summed E-state index contributed by atoms with van der Waals surface area (Å²) >= 11 is 0. The van der Waals surface area contributed by atoms with Gasteiger partial charge in [-0.2, -0.15) is 0 Å². The van der Waals surface area contributed by atoms with Crippen molar-refractivity contribution in [2.45, 2.75) is 84.0 Å². The zero-order chi connectivity index (χ0) is 19.7. The maximum absolute atomic E-state index is 11.5. The Bertz CT molecular complexity index is 602. The van der Waals surface area contributed by atoms with E-state index in [1.54, 1.807) is 0 Å². The van der Waals surface area contributed by atoms with Gasteiger partial charge in [0.1, 0.15) is 0 Å². The van der Waals surface area contributed by atoms with E-state index in [0.29, 0.717) is 11.2 Å². The van der Waals surface area contributed by atoms with Gasteiger partial charge in [-0.3, -0.25) is 0 Å². The largest absolute Gasteiger partial charge is 0.492 e. The van der Waals surface area contributed by atoms with Crippen molar-refractivity contribution in [3.63, 3.8) is 0 Å². The second-order valence-electron chi connectivity index (χ2n) is 6.65. The zero-order valence-electron chi connectivity index (χ0n) is 16.5. The number of aromatic nitrogens is 1. The Hall–Kier alpha value is -2.35. The van der Waals surface area contributed by atoms with Crippen molar-refractivity contribution >= 4 is 5.97 Å². The molecule has 0 bridgehead atoms. The van der Waals surface area contributed by atoms with Gasteiger partial charge >= 0.3 is 5.97 Å². The van der Waals surface area contributed by atoms with E-state index in [1.807, 2.05) is 0 Å². The molecule has 0 radical (unpaired) electrons. The first-order valence-electron chi connectivity index (χ1n) is 10.1. The molecule has 27 heavy (non-hydrogen) atoms. The molecule has 0 amide bonds. The summed E-state index contributed by atoms with van der Waals surface area (Å²) in [6.07, 6.45) is 18.7. The molecule has 0 atom stereocenters. The Labute approximate surface area is 163 Å². The van der Waals surface area contributed by atoms with Crippen LogP contribution in [0.1, 0.15) is 84.0 Å². The third-order valence-corrected chi connectivity index (χ3v) is 4.23. The number of carbonyl (C=O) groups excluding carboxylic acids is 1. The van der Waals surface area contributed by atoms with Gasteiger partial charge < -0.3 is 15.1 Å². The van der Waals surface area contributed by atoms with Gasteiger partial charge in [0.25, 0.3) is 0 Å². The molecule has 0 spiro atoms. The van der Waals surface area contributed by atoms with Crippen molar-refractivity contribution in [2.75, 3.05) is 0 Å². The van der Waals surface area contributed by atoms with Gasteiger partial charge in [-0.05, 0) is 32.1 Å². The minimum absolute atomic E-state index is 0.354. The molecular formula is C22H33NO4. The Morgan fingerprint density at radius 3 is 2.15 bits per heavy atom. The summed E-state index contributed by atoms with van der Waals surface area (Å²) in [4.78, 5) is 16.2. The van der Waals surface area contributed by atoms with Crippen LogP contribution < -0.4 is 4.84 Å². The third-order valence-electron chi connectivity index (χ3n) is 4.23. The first-order chi connectivity index (χ1) is 13.1. The van der Waals surface area contributed by atoms with Crippen LogP contribution in [0.4, 0.5) is 0 Å². The van der Waals surface area contributed by atoms with Crippen molar-refractivity contribution in [1.29, 1.82) is 0 Å². The van der Waals surface area contributed by atoms with E-state index in [4.69, 9.17) is 4.84 Å². The Balaban J connectivity index is 1.98. The Morgan fingerprint density at radius 1 is 0.963 bits per heavy atom. The number of rotatable bonds is 13. The number of nitrogens with zero attached hydrogens (tertiary/aromatic N) is 1. The number of carbonyl (C=O) groups is 1. The van der Waals surface area contributed by atoms with Crippen LogP contribution in [-0.4, -0.2) is 20.9 Å². The number of allylic oxidation sites excluding steroid dienone is 2. The fraction of sp³-hybridized carbons (Fsp3) is 0.591. The first kappa shape index (κ1) is 22.7. The molecule has 1 rings (SSSR count). The van der Waals surface area contributed by atoms with E-state index in [9.17, 15) is 15.0 Å². The van der Waals surface area contributed by atoms with E-state index in [1.165, 1.54) is 57.1 Å². The second kappa shape index (κ2) is 14.8. The van der Waals surface area contributed by atoms with Gasteiger partial charge in [0.05, 0.1) is 0 Å². The van der Waals surface area contributed by atoms with E-state index < -0.39 is 5.97 Å². The Morgan fingerprint density at radius 2 is 1.52 bits per heavy atom. The topological polar surface area (TPSA) is 71.7 Å². The van der Waals surface area contributed by atoms with Crippen LogP contribution in [0, 0.1) is 11.8 Å². The summed E-state index contributed by atoms with van der Waals surface area (Å²) in [6.45, 7) is 2.24. The predicted molar refractivity (Wildman–Crippen MR) is 107 cm³/mol. The summed E-state index contributed by atoms with van der Waals surface area (Å²) < 4.78 is 0.633. The normalized spacial score (nSPS) is 10.7. The van der Waals surface area contributed by atoms with Crippen LogP contribution in [0.15, 0.2) is 24.3 Å². The molecule has 5 heteroatoms. The quantitative estimate of drug-likeness (QED) is 0.285. The summed E-state index contributed by atoms with van der Waals surface area (Å²) in [5, 5.41) is 18.7. The lowest BCUT2D eigenvalue weighted by Gasteiger charge is -2.02. The van der Waals surface area contributed by atoms with Crippen LogP contribution in [0.3, 0.4) is 0 Å². The van der Waals surface area contributed by atoms with Crippen LogP contribution >= 0.6 is 0 Å². The van der Waals surface area contributed by atoms with Gasteiger partial charge in [-0.25, -0.2) is 4.79 Å². The maximum atomic E-state index is 11.5. The standard InChI is InChI=1S/C22H33NO4/c1-2-3-4-5-6-7-8-9-10-11-12-13-14-15-16-17-22(26)27-23-20(24)18-19-21(23)25/h9-10,18-19,24-25H,2-8,11-15H2,1H3. The van der Waals surface area contributed by atoms with Crippen LogP contribution in [0.25, 0.3) is 0 Å². The molecule has 1 aromatic rings. The van der Waals surface area contributed by atoms with Crippen molar-refractivity contribution < 1.29 is 19.8 Å². The fourth-order valence-corrected chi connectivity index (χ4v) is 2.67. The van der Waals surface area contributed by atoms with Gasteiger partial charge in [0, 0.05) is 24.5 Å². The van der Waals surface area contributed by atoms with Crippen molar-refractivity contribution in [1.82, 2.24) is 4.73 Å². The summed E-state index contributed by atoms with van der Waals surface area (Å²) in [5.74, 6) is 3.59. The molecule has 0 saturated carbocycles.